The van der Waals surface area contributed by atoms with Crippen LogP contribution >= 0.6 is 0 Å². The summed E-state index contributed by atoms with van der Waals surface area (Å²) in [7, 11) is 1.49. The van der Waals surface area contributed by atoms with Gasteiger partial charge in [0.05, 0.1) is 11.9 Å². The minimum Gasteiger partial charge on any atom is -0.319 e. The maximum absolute atomic E-state index is 13.6. The summed E-state index contributed by atoms with van der Waals surface area (Å²) in [6.45, 7) is 0. The number of carbonyl (C=O) groups is 1. The average molecular weight is 278 g/mol. The minimum absolute atomic E-state index is 0.120. The SMILES string of the molecule is CN(C(=O)c1cc(F)c(NN)c(F)c1)c1cccnc1. The van der Waals surface area contributed by atoms with Gasteiger partial charge >= 0.3 is 0 Å². The van der Waals surface area contributed by atoms with Crippen molar-refractivity contribution in [3.8, 4) is 0 Å². The summed E-state index contributed by atoms with van der Waals surface area (Å²) in [6, 6.07) is 5.16. The van der Waals surface area contributed by atoms with Gasteiger partial charge in [-0.05, 0) is 24.3 Å². The normalized spacial score (nSPS) is 10.2. The summed E-state index contributed by atoms with van der Waals surface area (Å²) in [5.74, 6) is 2.57. The fourth-order valence-electron chi connectivity index (χ4n) is 1.70. The third-order valence-corrected chi connectivity index (χ3v) is 2.77. The number of halogens is 2. The molecule has 0 aliphatic rings. The number of aromatic nitrogens is 1. The van der Waals surface area contributed by atoms with E-state index in [0.29, 0.717) is 5.69 Å². The smallest absolute Gasteiger partial charge is 0.258 e. The van der Waals surface area contributed by atoms with E-state index in [2.05, 4.69) is 4.98 Å². The molecular formula is C13H12F2N4O. The number of amides is 1. The zero-order valence-corrected chi connectivity index (χ0v) is 10.6. The van der Waals surface area contributed by atoms with E-state index in [0.717, 1.165) is 12.1 Å². The summed E-state index contributed by atoms with van der Waals surface area (Å²) >= 11 is 0. The molecule has 0 spiro atoms. The third-order valence-electron chi connectivity index (χ3n) is 2.77. The van der Waals surface area contributed by atoms with Crippen LogP contribution in [0.5, 0.6) is 0 Å². The first-order valence-corrected chi connectivity index (χ1v) is 5.68. The van der Waals surface area contributed by atoms with E-state index < -0.39 is 23.2 Å². The lowest BCUT2D eigenvalue weighted by molar-refractivity contribution is 0.0992. The molecule has 0 fully saturated rings. The number of nitrogens with zero attached hydrogens (tertiary/aromatic N) is 2. The number of anilines is 2. The number of hydrogen-bond donors (Lipinski definition) is 2. The second kappa shape index (κ2) is 5.62. The molecule has 2 aromatic rings. The van der Waals surface area contributed by atoms with Crippen molar-refractivity contribution in [3.63, 3.8) is 0 Å². The Hall–Kier alpha value is -2.54. The molecule has 0 unspecified atom stereocenters. The maximum Gasteiger partial charge on any atom is 0.258 e. The Morgan fingerprint density at radius 1 is 1.35 bits per heavy atom. The van der Waals surface area contributed by atoms with Gasteiger partial charge in [-0.3, -0.25) is 15.6 Å². The first kappa shape index (κ1) is 13.9. The predicted octanol–water partition coefficient (Wildman–Crippen LogP) is 1.92. The van der Waals surface area contributed by atoms with Gasteiger partial charge in [0.15, 0.2) is 11.6 Å². The molecule has 3 N–H and O–H groups in total. The number of hydrogen-bond acceptors (Lipinski definition) is 4. The molecule has 0 atom stereocenters. The summed E-state index contributed by atoms with van der Waals surface area (Å²) in [5.41, 5.74) is 1.82. The molecule has 2 rings (SSSR count). The van der Waals surface area contributed by atoms with Crippen LogP contribution < -0.4 is 16.2 Å². The van der Waals surface area contributed by atoms with Crippen LogP contribution in [-0.2, 0) is 0 Å². The lowest BCUT2D eigenvalue weighted by atomic mass is 10.1. The number of carbonyl (C=O) groups excluding carboxylic acids is 1. The van der Waals surface area contributed by atoms with Crippen LogP contribution in [-0.4, -0.2) is 17.9 Å². The Kier molecular flexibility index (Phi) is 3.90. The molecule has 20 heavy (non-hydrogen) atoms. The fraction of sp³-hybridized carbons (Fsp3) is 0.0769. The van der Waals surface area contributed by atoms with Gasteiger partial charge in [-0.1, -0.05) is 0 Å². The van der Waals surface area contributed by atoms with Crippen molar-refractivity contribution in [2.45, 2.75) is 0 Å². The zero-order valence-electron chi connectivity index (χ0n) is 10.6. The van der Waals surface area contributed by atoms with E-state index >= 15 is 0 Å². The molecule has 0 saturated heterocycles. The predicted molar refractivity (Wildman–Crippen MR) is 71.1 cm³/mol. The van der Waals surface area contributed by atoms with Gasteiger partial charge in [-0.25, -0.2) is 8.78 Å². The van der Waals surface area contributed by atoms with Crippen LogP contribution in [0.3, 0.4) is 0 Å². The number of benzene rings is 1. The Morgan fingerprint density at radius 3 is 2.50 bits per heavy atom. The second-order valence-electron chi connectivity index (χ2n) is 4.03. The van der Waals surface area contributed by atoms with Gasteiger partial charge in [0.2, 0.25) is 0 Å². The molecule has 0 aliphatic carbocycles. The van der Waals surface area contributed by atoms with E-state index in [9.17, 15) is 13.6 Å². The molecule has 1 amide bonds. The lowest BCUT2D eigenvalue weighted by Gasteiger charge is -2.17. The molecule has 1 aromatic heterocycles. The Labute approximate surface area is 114 Å². The Balaban J connectivity index is 2.35. The van der Waals surface area contributed by atoms with E-state index in [1.807, 2.05) is 5.43 Å². The number of rotatable bonds is 3. The summed E-state index contributed by atoms with van der Waals surface area (Å²) in [4.78, 5) is 17.3. The van der Waals surface area contributed by atoms with Crippen molar-refractivity contribution in [1.82, 2.24) is 4.98 Å². The molecule has 7 heteroatoms. The highest BCUT2D eigenvalue weighted by atomic mass is 19.1. The van der Waals surface area contributed by atoms with Crippen molar-refractivity contribution in [1.29, 1.82) is 0 Å². The Morgan fingerprint density at radius 2 is 2.00 bits per heavy atom. The van der Waals surface area contributed by atoms with E-state index in [4.69, 9.17) is 5.84 Å². The molecule has 104 valence electrons. The zero-order chi connectivity index (χ0) is 14.7. The standard InChI is InChI=1S/C13H12F2N4O/c1-19(9-3-2-4-17-7-9)13(20)8-5-10(14)12(18-16)11(15)6-8/h2-7,18H,16H2,1H3. The van der Waals surface area contributed by atoms with Gasteiger partial charge in [0.1, 0.15) is 5.69 Å². The van der Waals surface area contributed by atoms with Crippen molar-refractivity contribution >= 4 is 17.3 Å². The topological polar surface area (TPSA) is 71.2 Å². The van der Waals surface area contributed by atoms with Crippen LogP contribution in [0.4, 0.5) is 20.2 Å². The van der Waals surface area contributed by atoms with Crippen molar-refractivity contribution < 1.29 is 13.6 Å². The Bertz CT molecular complexity index is 611. The second-order valence-corrected chi connectivity index (χ2v) is 4.03. The number of pyridine rings is 1. The molecule has 0 saturated carbocycles. The lowest BCUT2D eigenvalue weighted by Crippen LogP contribution is -2.26. The first-order valence-electron chi connectivity index (χ1n) is 5.68. The van der Waals surface area contributed by atoms with E-state index in [1.165, 1.54) is 18.1 Å². The third kappa shape index (κ3) is 2.57. The van der Waals surface area contributed by atoms with Crippen LogP contribution in [0.25, 0.3) is 0 Å². The monoisotopic (exact) mass is 278 g/mol. The molecule has 1 heterocycles. The van der Waals surface area contributed by atoms with E-state index in [-0.39, 0.29) is 5.56 Å². The summed E-state index contributed by atoms with van der Waals surface area (Å²) in [6.07, 6.45) is 3.03. The molecular weight excluding hydrogens is 266 g/mol. The highest BCUT2D eigenvalue weighted by Crippen LogP contribution is 2.21. The van der Waals surface area contributed by atoms with Gasteiger partial charge < -0.3 is 10.3 Å². The van der Waals surface area contributed by atoms with Crippen molar-refractivity contribution in [2.24, 2.45) is 5.84 Å². The fourth-order valence-corrected chi connectivity index (χ4v) is 1.70. The number of nitrogens with one attached hydrogen (secondary N) is 1. The van der Waals surface area contributed by atoms with Crippen molar-refractivity contribution in [2.75, 3.05) is 17.4 Å². The number of nitrogens with two attached hydrogens (primary N) is 1. The van der Waals surface area contributed by atoms with Gasteiger partial charge in [0, 0.05) is 18.8 Å². The molecule has 0 aliphatic heterocycles. The molecule has 0 bridgehead atoms. The highest BCUT2D eigenvalue weighted by molar-refractivity contribution is 6.05. The van der Waals surface area contributed by atoms with Gasteiger partial charge in [-0.2, -0.15) is 0 Å². The maximum atomic E-state index is 13.6. The van der Waals surface area contributed by atoms with Gasteiger partial charge in [0.25, 0.3) is 5.91 Å². The van der Waals surface area contributed by atoms with Crippen LogP contribution in [0, 0.1) is 11.6 Å². The van der Waals surface area contributed by atoms with Gasteiger partial charge in [-0.15, -0.1) is 0 Å². The van der Waals surface area contributed by atoms with E-state index in [1.54, 1.807) is 18.3 Å². The first-order chi connectivity index (χ1) is 9.54. The quantitative estimate of drug-likeness (QED) is 0.664. The van der Waals surface area contributed by atoms with Crippen LogP contribution in [0.15, 0.2) is 36.7 Å². The van der Waals surface area contributed by atoms with Crippen molar-refractivity contribution in [3.05, 3.63) is 53.9 Å². The van der Waals surface area contributed by atoms with Crippen LogP contribution in [0.1, 0.15) is 10.4 Å². The molecule has 5 nitrogen and oxygen atoms in total. The number of nitrogen functional groups attached to an aromatic ring is 1. The number of hydrazine groups is 1. The summed E-state index contributed by atoms with van der Waals surface area (Å²) in [5, 5.41) is 0. The molecule has 1 aromatic carbocycles. The minimum atomic E-state index is -0.935. The summed E-state index contributed by atoms with van der Waals surface area (Å²) < 4.78 is 27.1. The van der Waals surface area contributed by atoms with Crippen LogP contribution in [0.2, 0.25) is 0 Å². The largest absolute Gasteiger partial charge is 0.319 e. The average Bonchev–Trinajstić information content (AvgIpc) is 2.46. The highest BCUT2D eigenvalue weighted by Gasteiger charge is 2.18. The molecule has 0 radical (unpaired) electrons.